The summed E-state index contributed by atoms with van der Waals surface area (Å²) in [7, 11) is 0. The van der Waals surface area contributed by atoms with Crippen LogP contribution in [-0.2, 0) is 6.54 Å². The van der Waals surface area contributed by atoms with Gasteiger partial charge in [-0.05, 0) is 19.1 Å². The maximum absolute atomic E-state index is 12.1. The van der Waals surface area contributed by atoms with E-state index in [4.69, 9.17) is 10.4 Å². The Morgan fingerprint density at radius 1 is 1.52 bits per heavy atom. The highest BCUT2D eigenvalue weighted by Crippen LogP contribution is 2.27. The summed E-state index contributed by atoms with van der Waals surface area (Å²) in [6.45, 7) is 1.83. The van der Waals surface area contributed by atoms with Gasteiger partial charge in [-0.3, -0.25) is 20.8 Å². The van der Waals surface area contributed by atoms with Gasteiger partial charge in [0.1, 0.15) is 11.3 Å². The number of nitrogen functional groups attached to an aromatic ring is 1. The number of aromatic nitrogens is 1. The van der Waals surface area contributed by atoms with Crippen molar-refractivity contribution >= 4 is 17.3 Å². The average Bonchev–Trinajstić information content (AvgIpc) is 2.89. The molecule has 0 aliphatic heterocycles. The molecule has 0 atom stereocenters. The number of nitrogens with zero attached hydrogens (tertiary/aromatic N) is 2. The van der Waals surface area contributed by atoms with Gasteiger partial charge in [0, 0.05) is 6.07 Å². The second-order valence-electron chi connectivity index (χ2n) is 4.22. The zero-order valence-electron chi connectivity index (χ0n) is 11.1. The van der Waals surface area contributed by atoms with Gasteiger partial charge in [-0.1, -0.05) is 11.2 Å². The number of anilines is 1. The Balaban J connectivity index is 2.20. The molecule has 1 amide bonds. The van der Waals surface area contributed by atoms with E-state index in [1.54, 1.807) is 13.0 Å². The van der Waals surface area contributed by atoms with Crippen LogP contribution in [0, 0.1) is 17.0 Å². The molecule has 4 N–H and O–H groups in total. The van der Waals surface area contributed by atoms with Gasteiger partial charge >= 0.3 is 5.69 Å². The Hall–Kier alpha value is -2.94. The summed E-state index contributed by atoms with van der Waals surface area (Å²) in [6, 6.07) is 5.91. The molecule has 110 valence electrons. The van der Waals surface area contributed by atoms with Crippen LogP contribution >= 0.6 is 0 Å². The maximum Gasteiger partial charge on any atom is 0.306 e. The molecule has 0 aliphatic rings. The zero-order chi connectivity index (χ0) is 15.4. The van der Waals surface area contributed by atoms with E-state index < -0.39 is 10.8 Å². The molecule has 1 aromatic heterocycles. The van der Waals surface area contributed by atoms with Crippen LogP contribution in [0.1, 0.15) is 21.8 Å². The number of amides is 1. The SMILES string of the molecule is Cc1cc(CNC(=O)c2cccc(NN)c2[N+](=O)[O-])on1. The Bertz CT molecular complexity index is 682. The molecule has 0 spiro atoms. The number of carbonyl (C=O) groups excluding carboxylic acids is 1. The summed E-state index contributed by atoms with van der Waals surface area (Å²) in [5, 5.41) is 17.3. The van der Waals surface area contributed by atoms with Crippen LogP contribution in [0.15, 0.2) is 28.8 Å². The molecule has 2 rings (SSSR count). The average molecular weight is 291 g/mol. The quantitative estimate of drug-likeness (QED) is 0.426. The largest absolute Gasteiger partial charge is 0.359 e. The Morgan fingerprint density at radius 3 is 2.86 bits per heavy atom. The first-order valence-corrected chi connectivity index (χ1v) is 5.97. The van der Waals surface area contributed by atoms with E-state index in [1.807, 2.05) is 0 Å². The minimum absolute atomic E-state index is 0.0585. The van der Waals surface area contributed by atoms with Gasteiger partial charge in [0.15, 0.2) is 5.76 Å². The molecule has 0 fully saturated rings. The number of nitrogens with two attached hydrogens (primary N) is 1. The Labute approximate surface area is 119 Å². The third-order valence-electron chi connectivity index (χ3n) is 2.72. The number of nitrogens with one attached hydrogen (secondary N) is 2. The lowest BCUT2D eigenvalue weighted by molar-refractivity contribution is -0.384. The number of benzene rings is 1. The van der Waals surface area contributed by atoms with Crippen molar-refractivity contribution in [2.75, 3.05) is 5.43 Å². The minimum atomic E-state index is -0.664. The molecule has 21 heavy (non-hydrogen) atoms. The molecule has 1 aromatic carbocycles. The predicted octanol–water partition coefficient (Wildman–Crippen LogP) is 1.11. The number of hydrogen-bond donors (Lipinski definition) is 3. The van der Waals surface area contributed by atoms with Crippen LogP contribution in [0.4, 0.5) is 11.4 Å². The highest BCUT2D eigenvalue weighted by molar-refractivity contribution is 6.00. The fourth-order valence-corrected chi connectivity index (χ4v) is 1.80. The smallest absolute Gasteiger partial charge is 0.306 e. The normalized spacial score (nSPS) is 10.2. The van der Waals surface area contributed by atoms with E-state index in [0.717, 1.165) is 0 Å². The lowest BCUT2D eigenvalue weighted by Crippen LogP contribution is -2.24. The molecule has 0 aliphatic carbocycles. The van der Waals surface area contributed by atoms with Gasteiger partial charge in [0.25, 0.3) is 5.91 Å². The maximum atomic E-state index is 12.1. The molecular weight excluding hydrogens is 278 g/mol. The molecule has 2 aromatic rings. The van der Waals surface area contributed by atoms with Gasteiger partial charge in [-0.25, -0.2) is 0 Å². The molecule has 0 saturated heterocycles. The second-order valence-corrected chi connectivity index (χ2v) is 4.22. The van der Waals surface area contributed by atoms with Crippen LogP contribution in [-0.4, -0.2) is 16.0 Å². The van der Waals surface area contributed by atoms with Crippen molar-refractivity contribution in [1.29, 1.82) is 0 Å². The van der Waals surface area contributed by atoms with E-state index in [2.05, 4.69) is 15.9 Å². The summed E-state index contributed by atoms with van der Waals surface area (Å²) in [4.78, 5) is 22.5. The first-order chi connectivity index (χ1) is 10.0. The summed E-state index contributed by atoms with van der Waals surface area (Å²) in [5.74, 6) is 5.07. The third kappa shape index (κ3) is 3.15. The monoisotopic (exact) mass is 291 g/mol. The molecule has 9 nitrogen and oxygen atoms in total. The molecular formula is C12H13N5O4. The van der Waals surface area contributed by atoms with Gasteiger partial charge in [0.05, 0.1) is 17.2 Å². The summed E-state index contributed by atoms with van der Waals surface area (Å²) in [6.07, 6.45) is 0. The summed E-state index contributed by atoms with van der Waals surface area (Å²) >= 11 is 0. The topological polar surface area (TPSA) is 136 Å². The van der Waals surface area contributed by atoms with Crippen LogP contribution in [0.25, 0.3) is 0 Å². The van der Waals surface area contributed by atoms with Crippen LogP contribution in [0.2, 0.25) is 0 Å². The number of aryl methyl sites for hydroxylation is 1. The van der Waals surface area contributed by atoms with Crippen molar-refractivity contribution in [3.05, 3.63) is 51.4 Å². The Kier molecular flexibility index (Phi) is 4.14. The number of carbonyl (C=O) groups is 1. The molecule has 0 unspecified atom stereocenters. The number of hydrogen-bond acceptors (Lipinski definition) is 7. The highest BCUT2D eigenvalue weighted by Gasteiger charge is 2.24. The third-order valence-corrected chi connectivity index (χ3v) is 2.72. The predicted molar refractivity (Wildman–Crippen MR) is 73.3 cm³/mol. The van der Waals surface area contributed by atoms with Crippen molar-refractivity contribution < 1.29 is 14.2 Å². The van der Waals surface area contributed by atoms with E-state index in [-0.39, 0.29) is 23.5 Å². The fourth-order valence-electron chi connectivity index (χ4n) is 1.80. The molecule has 1 heterocycles. The molecule has 0 radical (unpaired) electrons. The van der Waals surface area contributed by atoms with Crippen molar-refractivity contribution in [3.63, 3.8) is 0 Å². The van der Waals surface area contributed by atoms with Gasteiger partial charge in [0.2, 0.25) is 0 Å². The molecule has 9 heteroatoms. The lowest BCUT2D eigenvalue weighted by atomic mass is 10.1. The lowest BCUT2D eigenvalue weighted by Gasteiger charge is -2.07. The van der Waals surface area contributed by atoms with Gasteiger partial charge in [-0.15, -0.1) is 0 Å². The minimum Gasteiger partial charge on any atom is -0.359 e. The molecule has 0 saturated carbocycles. The van der Waals surface area contributed by atoms with Crippen LogP contribution < -0.4 is 16.6 Å². The van der Waals surface area contributed by atoms with Crippen molar-refractivity contribution in [2.24, 2.45) is 5.84 Å². The van der Waals surface area contributed by atoms with Crippen LogP contribution in [0.5, 0.6) is 0 Å². The zero-order valence-corrected chi connectivity index (χ0v) is 11.1. The first kappa shape index (κ1) is 14.5. The molecule has 0 bridgehead atoms. The first-order valence-electron chi connectivity index (χ1n) is 5.97. The Morgan fingerprint density at radius 2 is 2.29 bits per heavy atom. The number of nitro groups is 1. The fraction of sp³-hybridized carbons (Fsp3) is 0.167. The standard InChI is InChI=1S/C12H13N5O4/c1-7-5-8(21-16-7)6-14-12(18)9-3-2-4-10(15-13)11(9)17(19)20/h2-5,15H,6,13H2,1H3,(H,14,18). The van der Waals surface area contributed by atoms with Crippen molar-refractivity contribution in [1.82, 2.24) is 10.5 Å². The van der Waals surface area contributed by atoms with E-state index in [0.29, 0.717) is 11.5 Å². The van der Waals surface area contributed by atoms with Gasteiger partial charge < -0.3 is 15.3 Å². The van der Waals surface area contributed by atoms with Crippen molar-refractivity contribution in [2.45, 2.75) is 13.5 Å². The van der Waals surface area contributed by atoms with Crippen LogP contribution in [0.3, 0.4) is 0 Å². The second kappa shape index (κ2) is 6.01. The summed E-state index contributed by atoms with van der Waals surface area (Å²) in [5.41, 5.74) is 2.46. The number of rotatable bonds is 5. The number of para-hydroxylation sites is 1. The van der Waals surface area contributed by atoms with E-state index in [1.165, 1.54) is 18.2 Å². The number of hydrazine groups is 1. The van der Waals surface area contributed by atoms with Crippen molar-refractivity contribution in [3.8, 4) is 0 Å². The van der Waals surface area contributed by atoms with E-state index >= 15 is 0 Å². The van der Waals surface area contributed by atoms with E-state index in [9.17, 15) is 14.9 Å². The number of nitro benzene ring substituents is 1. The summed E-state index contributed by atoms with van der Waals surface area (Å²) < 4.78 is 4.94. The highest BCUT2D eigenvalue weighted by atomic mass is 16.6. The van der Waals surface area contributed by atoms with Gasteiger partial charge in [-0.2, -0.15) is 0 Å².